The maximum atomic E-state index is 6.76. The number of fused-ring (bicyclic) bond motifs is 9. The summed E-state index contributed by atoms with van der Waals surface area (Å²) in [5.41, 5.74) is 11.0. The van der Waals surface area contributed by atoms with E-state index in [1.807, 2.05) is 0 Å². The van der Waals surface area contributed by atoms with Gasteiger partial charge in [0.2, 0.25) is 0 Å². The highest BCUT2D eigenvalue weighted by molar-refractivity contribution is 6.20. The smallest absolute Gasteiger partial charge is 0.143 e. The van der Waals surface area contributed by atoms with Crippen molar-refractivity contribution in [3.8, 4) is 28.0 Å². The van der Waals surface area contributed by atoms with E-state index in [2.05, 4.69) is 193 Å². The van der Waals surface area contributed by atoms with Crippen LogP contribution < -0.4 is 9.64 Å². The molecule has 0 amide bonds. The lowest BCUT2D eigenvalue weighted by molar-refractivity contribution is 0.269. The van der Waals surface area contributed by atoms with Gasteiger partial charge in [0.15, 0.2) is 0 Å². The fourth-order valence-corrected chi connectivity index (χ4v) is 8.43. The van der Waals surface area contributed by atoms with E-state index in [4.69, 9.17) is 9.15 Å². The summed E-state index contributed by atoms with van der Waals surface area (Å²) in [5.74, 6) is 1.17. The molecular weight excluding hydrogens is 647 g/mol. The molecule has 8 aromatic carbocycles. The predicted octanol–water partition coefficient (Wildman–Crippen LogP) is 13.7. The standard InChI is InChI=1S/C50H33NO2/c1-2-12-33(13-3-1)39-18-10-19-43-46-31-44(40-15-6-7-17-42(40)50(46)53-49(39)43)34-22-24-36(25-23-34)51(37-26-21-32-11-4-5-14-35(32)29-37)38-27-28-48-45(30-38)41-16-8-9-20-47(41)52-48/h1-31,41,47H. The van der Waals surface area contributed by atoms with Crippen LogP contribution in [0.25, 0.3) is 65.7 Å². The quantitative estimate of drug-likeness (QED) is 0.181. The minimum atomic E-state index is 0.0445. The molecule has 11 rings (SSSR count). The lowest BCUT2D eigenvalue weighted by Crippen LogP contribution is -2.15. The normalized spacial score (nSPS) is 15.9. The molecule has 0 radical (unpaired) electrons. The van der Waals surface area contributed by atoms with Crippen LogP contribution in [0, 0.1) is 0 Å². The number of nitrogens with zero attached hydrogens (tertiary/aromatic N) is 1. The summed E-state index contributed by atoms with van der Waals surface area (Å²) in [6.07, 6.45) is 8.65. The number of furan rings is 1. The van der Waals surface area contributed by atoms with Crippen LogP contribution in [-0.4, -0.2) is 6.10 Å². The van der Waals surface area contributed by atoms with Crippen LogP contribution in [0.4, 0.5) is 17.1 Å². The first-order valence-electron chi connectivity index (χ1n) is 18.2. The van der Waals surface area contributed by atoms with Gasteiger partial charge in [0.1, 0.15) is 23.0 Å². The van der Waals surface area contributed by atoms with Crippen molar-refractivity contribution in [2.45, 2.75) is 12.0 Å². The second-order valence-corrected chi connectivity index (χ2v) is 14.0. The highest BCUT2D eigenvalue weighted by Gasteiger charge is 2.32. The topological polar surface area (TPSA) is 25.6 Å². The highest BCUT2D eigenvalue weighted by atomic mass is 16.5. The summed E-state index contributed by atoms with van der Waals surface area (Å²) in [7, 11) is 0. The van der Waals surface area contributed by atoms with Crippen LogP contribution in [0.1, 0.15) is 11.5 Å². The molecule has 0 N–H and O–H groups in total. The first-order valence-corrected chi connectivity index (χ1v) is 18.2. The van der Waals surface area contributed by atoms with Crippen LogP contribution in [0.5, 0.6) is 5.75 Å². The van der Waals surface area contributed by atoms with Crippen molar-refractivity contribution < 1.29 is 9.15 Å². The Labute approximate surface area is 307 Å². The summed E-state index contributed by atoms with van der Waals surface area (Å²) >= 11 is 0. The molecule has 1 aliphatic heterocycles. The van der Waals surface area contributed by atoms with Gasteiger partial charge in [-0.2, -0.15) is 0 Å². The SMILES string of the molecule is C1=CC2Oc3ccc(N(c4ccc(-c5cc6c7cccc(-c8ccccc8)c7oc6c6ccccc56)cc4)c4ccc5ccccc5c4)cc3C2C=C1. The molecule has 3 nitrogen and oxygen atoms in total. The van der Waals surface area contributed by atoms with E-state index in [-0.39, 0.29) is 12.0 Å². The van der Waals surface area contributed by atoms with Gasteiger partial charge in [-0.15, -0.1) is 0 Å². The summed E-state index contributed by atoms with van der Waals surface area (Å²) in [5, 5.41) is 6.96. The van der Waals surface area contributed by atoms with E-state index in [1.165, 1.54) is 27.3 Å². The van der Waals surface area contributed by atoms with E-state index >= 15 is 0 Å². The second-order valence-electron chi connectivity index (χ2n) is 14.0. The van der Waals surface area contributed by atoms with Gasteiger partial charge in [-0.3, -0.25) is 0 Å². The van der Waals surface area contributed by atoms with E-state index < -0.39 is 0 Å². The molecule has 0 fully saturated rings. The average Bonchev–Trinajstić information content (AvgIpc) is 3.80. The average molecular weight is 680 g/mol. The number of hydrogen-bond acceptors (Lipinski definition) is 3. The first kappa shape index (κ1) is 29.8. The third-order valence-electron chi connectivity index (χ3n) is 11.0. The molecule has 0 bridgehead atoms. The number of rotatable bonds is 5. The van der Waals surface area contributed by atoms with Gasteiger partial charge in [-0.05, 0) is 87.5 Å². The number of anilines is 3. The number of benzene rings is 8. The number of para-hydroxylation sites is 1. The monoisotopic (exact) mass is 679 g/mol. The van der Waals surface area contributed by atoms with E-state index in [1.54, 1.807) is 0 Å². The van der Waals surface area contributed by atoms with E-state index in [0.717, 1.165) is 66.8 Å². The zero-order valence-electron chi connectivity index (χ0n) is 28.8. The van der Waals surface area contributed by atoms with Gasteiger partial charge in [-0.25, -0.2) is 0 Å². The van der Waals surface area contributed by atoms with Gasteiger partial charge < -0.3 is 14.1 Å². The maximum absolute atomic E-state index is 6.76. The number of ether oxygens (including phenoxy) is 1. The number of allylic oxidation sites excluding steroid dienone is 2. The van der Waals surface area contributed by atoms with Crippen molar-refractivity contribution in [2.75, 3.05) is 4.90 Å². The summed E-state index contributed by atoms with van der Waals surface area (Å²) < 4.78 is 13.1. The van der Waals surface area contributed by atoms with Gasteiger partial charge in [-0.1, -0.05) is 133 Å². The Bertz CT molecular complexity index is 2930. The predicted molar refractivity (Wildman–Crippen MR) is 220 cm³/mol. The van der Waals surface area contributed by atoms with Crippen LogP contribution >= 0.6 is 0 Å². The number of hydrogen-bond donors (Lipinski definition) is 0. The summed E-state index contributed by atoms with van der Waals surface area (Å²) in [6, 6.07) is 58.8. The Hall–Kier alpha value is -6.84. The van der Waals surface area contributed by atoms with Crippen LogP contribution in [0.2, 0.25) is 0 Å². The molecule has 3 heteroatoms. The van der Waals surface area contributed by atoms with E-state index in [0.29, 0.717) is 0 Å². The lowest BCUT2D eigenvalue weighted by Gasteiger charge is -2.27. The molecule has 250 valence electrons. The Balaban J connectivity index is 1.06. The van der Waals surface area contributed by atoms with Crippen LogP contribution in [0.3, 0.4) is 0 Å². The molecule has 0 saturated heterocycles. The molecule has 1 aromatic heterocycles. The van der Waals surface area contributed by atoms with Crippen molar-refractivity contribution in [2.24, 2.45) is 0 Å². The Morgan fingerprint density at radius 1 is 0.434 bits per heavy atom. The minimum Gasteiger partial charge on any atom is -0.485 e. The summed E-state index contributed by atoms with van der Waals surface area (Å²) in [6.45, 7) is 0. The summed E-state index contributed by atoms with van der Waals surface area (Å²) in [4.78, 5) is 2.36. The molecule has 9 aromatic rings. The van der Waals surface area contributed by atoms with Crippen LogP contribution in [0.15, 0.2) is 193 Å². The largest absolute Gasteiger partial charge is 0.485 e. The fraction of sp³-hybridized carbons (Fsp3) is 0.0400. The van der Waals surface area contributed by atoms with Crippen molar-refractivity contribution in [3.63, 3.8) is 0 Å². The zero-order valence-corrected chi connectivity index (χ0v) is 28.8. The van der Waals surface area contributed by atoms with Crippen LogP contribution in [-0.2, 0) is 0 Å². The zero-order chi connectivity index (χ0) is 34.9. The Morgan fingerprint density at radius 2 is 1.11 bits per heavy atom. The molecule has 2 aliphatic rings. The third-order valence-corrected chi connectivity index (χ3v) is 11.0. The third kappa shape index (κ3) is 4.82. The van der Waals surface area contributed by atoms with Crippen molar-refractivity contribution in [3.05, 3.63) is 194 Å². The van der Waals surface area contributed by atoms with Crippen molar-refractivity contribution in [1.29, 1.82) is 0 Å². The minimum absolute atomic E-state index is 0.0445. The molecular formula is C50H33NO2. The van der Waals surface area contributed by atoms with Gasteiger partial charge in [0.05, 0.1) is 0 Å². The Morgan fingerprint density at radius 3 is 2.00 bits per heavy atom. The first-order chi connectivity index (χ1) is 26.3. The molecule has 53 heavy (non-hydrogen) atoms. The molecule has 0 spiro atoms. The van der Waals surface area contributed by atoms with Gasteiger partial charge in [0, 0.05) is 50.3 Å². The maximum Gasteiger partial charge on any atom is 0.143 e. The molecule has 2 heterocycles. The fourth-order valence-electron chi connectivity index (χ4n) is 8.43. The Kier molecular flexibility index (Phi) is 6.68. The lowest BCUT2D eigenvalue weighted by atomic mass is 9.91. The highest BCUT2D eigenvalue weighted by Crippen LogP contribution is 2.47. The van der Waals surface area contributed by atoms with Gasteiger partial charge in [0.25, 0.3) is 0 Å². The molecule has 2 unspecified atom stereocenters. The molecule has 1 aliphatic carbocycles. The van der Waals surface area contributed by atoms with Crippen molar-refractivity contribution in [1.82, 2.24) is 0 Å². The van der Waals surface area contributed by atoms with Crippen molar-refractivity contribution >= 4 is 60.5 Å². The van der Waals surface area contributed by atoms with Gasteiger partial charge >= 0.3 is 0 Å². The molecule has 2 atom stereocenters. The van der Waals surface area contributed by atoms with E-state index in [9.17, 15) is 0 Å². The molecule has 0 saturated carbocycles. The second kappa shape index (κ2) is 11.9.